The molecule has 3 heterocycles. The molecular weight excluding hydrogens is 609 g/mol. The summed E-state index contributed by atoms with van der Waals surface area (Å²) in [6.07, 6.45) is 8.70. The Bertz CT molecular complexity index is 1290. The number of hydrogen-bond acceptors (Lipinski definition) is 10. The minimum Gasteiger partial charge on any atom is -0.493 e. The summed E-state index contributed by atoms with van der Waals surface area (Å²) in [5, 5.41) is 4.38. The predicted molar refractivity (Wildman–Crippen MR) is 160 cm³/mol. The number of carbonyl (C=O) groups is 1. The van der Waals surface area contributed by atoms with Crippen LogP contribution in [0.5, 0.6) is 11.5 Å². The summed E-state index contributed by atoms with van der Waals surface area (Å²) in [6.45, 7) is 3.80. The molecule has 0 radical (unpaired) electrons. The van der Waals surface area contributed by atoms with E-state index in [-0.39, 0.29) is 0 Å². The van der Waals surface area contributed by atoms with Crippen molar-refractivity contribution < 1.29 is 14.3 Å². The van der Waals surface area contributed by atoms with Crippen molar-refractivity contribution in [3.8, 4) is 11.5 Å². The van der Waals surface area contributed by atoms with Gasteiger partial charge in [-0.2, -0.15) is 20.1 Å². The van der Waals surface area contributed by atoms with Gasteiger partial charge in [0.15, 0.2) is 11.5 Å². The zero-order valence-corrected chi connectivity index (χ0v) is 24.1. The first-order chi connectivity index (χ1) is 19.1. The van der Waals surface area contributed by atoms with Gasteiger partial charge >= 0.3 is 5.97 Å². The lowest BCUT2D eigenvalue weighted by molar-refractivity contribution is 0.0728. The molecule has 39 heavy (non-hydrogen) atoms. The summed E-state index contributed by atoms with van der Waals surface area (Å²) < 4.78 is 11.9. The fraction of sp³-hybridized carbons (Fsp3) is 0.393. The second kappa shape index (κ2) is 13.0. The molecule has 0 aliphatic carbocycles. The van der Waals surface area contributed by atoms with Gasteiger partial charge < -0.3 is 19.3 Å². The molecule has 0 amide bonds. The number of carbonyl (C=O) groups excluding carboxylic acids is 1. The summed E-state index contributed by atoms with van der Waals surface area (Å²) in [7, 11) is 1.53. The molecule has 0 unspecified atom stereocenters. The van der Waals surface area contributed by atoms with Crippen molar-refractivity contribution in [2.45, 2.75) is 38.5 Å². The van der Waals surface area contributed by atoms with E-state index in [0.29, 0.717) is 34.9 Å². The molecule has 1 aromatic heterocycles. The highest BCUT2D eigenvalue weighted by Gasteiger charge is 2.20. The van der Waals surface area contributed by atoms with Gasteiger partial charge in [0.05, 0.1) is 18.9 Å². The molecule has 1 N–H and O–H groups in total. The number of hydrogen-bond donors (Lipinski definition) is 1. The summed E-state index contributed by atoms with van der Waals surface area (Å²) in [5.41, 5.74) is 4.25. The summed E-state index contributed by atoms with van der Waals surface area (Å²) >= 11 is 2.11. The maximum atomic E-state index is 12.7. The van der Waals surface area contributed by atoms with E-state index in [1.807, 2.05) is 12.1 Å². The van der Waals surface area contributed by atoms with Gasteiger partial charge in [-0.25, -0.2) is 10.2 Å². The molecular formula is C28H32IN7O3. The van der Waals surface area contributed by atoms with Crippen LogP contribution in [0.1, 0.15) is 54.4 Å². The van der Waals surface area contributed by atoms with Gasteiger partial charge in [-0.3, -0.25) is 0 Å². The molecule has 0 bridgehead atoms. The van der Waals surface area contributed by atoms with E-state index in [1.54, 1.807) is 36.5 Å². The van der Waals surface area contributed by atoms with Crippen LogP contribution in [0.15, 0.2) is 47.6 Å². The smallest absolute Gasteiger partial charge is 0.344 e. The number of nitrogens with one attached hydrogen (secondary N) is 1. The van der Waals surface area contributed by atoms with Gasteiger partial charge in [-0.1, -0.05) is 12.1 Å². The third-order valence-electron chi connectivity index (χ3n) is 6.75. The molecule has 2 aliphatic heterocycles. The highest BCUT2D eigenvalue weighted by atomic mass is 127. The Hall–Kier alpha value is -3.48. The molecule has 0 spiro atoms. The van der Waals surface area contributed by atoms with Crippen molar-refractivity contribution in [3.05, 3.63) is 57.2 Å². The standard InChI is InChI=1S/C28H32IN7O3/c1-38-24-18-20(12-13-23(24)39-25(37)21-10-4-5-11-22(21)29)19-30-34-26-31-27(35-14-6-2-7-15-35)33-28(32-26)36-16-8-3-9-17-36/h4-5,10-13,18-19H,2-3,6-9,14-17H2,1H3,(H,31,32,33,34)/b30-19-. The van der Waals surface area contributed by atoms with Crippen LogP contribution in [0.4, 0.5) is 17.8 Å². The molecule has 0 atom stereocenters. The van der Waals surface area contributed by atoms with Gasteiger partial charge in [0.2, 0.25) is 17.8 Å². The number of hydrazone groups is 1. The number of piperidine rings is 2. The number of halogens is 1. The second-order valence-electron chi connectivity index (χ2n) is 9.50. The van der Waals surface area contributed by atoms with E-state index in [4.69, 9.17) is 14.5 Å². The number of rotatable bonds is 8. The summed E-state index contributed by atoms with van der Waals surface area (Å²) in [6, 6.07) is 12.5. The molecule has 3 aromatic rings. The number of esters is 1. The first-order valence-electron chi connectivity index (χ1n) is 13.3. The van der Waals surface area contributed by atoms with Gasteiger partial charge in [0, 0.05) is 29.7 Å². The Morgan fingerprint density at radius 1 is 0.897 bits per heavy atom. The largest absolute Gasteiger partial charge is 0.493 e. The lowest BCUT2D eigenvalue weighted by Gasteiger charge is -2.30. The van der Waals surface area contributed by atoms with Crippen molar-refractivity contribution in [1.82, 2.24) is 15.0 Å². The van der Waals surface area contributed by atoms with Crippen LogP contribution in [0.2, 0.25) is 0 Å². The van der Waals surface area contributed by atoms with Gasteiger partial charge in [-0.15, -0.1) is 0 Å². The minimum absolute atomic E-state index is 0.335. The lowest BCUT2D eigenvalue weighted by Crippen LogP contribution is -2.34. The quantitative estimate of drug-likeness (QED) is 0.118. The molecule has 2 saturated heterocycles. The first-order valence-corrected chi connectivity index (χ1v) is 14.4. The third kappa shape index (κ3) is 6.94. The predicted octanol–water partition coefficient (Wildman–Crippen LogP) is 5.13. The average Bonchev–Trinajstić information content (AvgIpc) is 2.98. The molecule has 10 nitrogen and oxygen atoms in total. The second-order valence-corrected chi connectivity index (χ2v) is 10.7. The Morgan fingerprint density at radius 2 is 1.54 bits per heavy atom. The molecule has 204 valence electrons. The van der Waals surface area contributed by atoms with Crippen LogP contribution in [0.3, 0.4) is 0 Å². The van der Waals surface area contributed by atoms with Gasteiger partial charge in [0.1, 0.15) is 0 Å². The summed E-state index contributed by atoms with van der Waals surface area (Å²) in [5.74, 6) is 2.13. The van der Waals surface area contributed by atoms with Crippen molar-refractivity contribution in [1.29, 1.82) is 0 Å². The fourth-order valence-electron chi connectivity index (χ4n) is 4.67. The maximum absolute atomic E-state index is 12.7. The van der Waals surface area contributed by atoms with Crippen LogP contribution < -0.4 is 24.7 Å². The van der Waals surface area contributed by atoms with E-state index < -0.39 is 5.97 Å². The molecule has 2 fully saturated rings. The zero-order chi connectivity index (χ0) is 27.0. The fourth-order valence-corrected chi connectivity index (χ4v) is 5.28. The van der Waals surface area contributed by atoms with E-state index in [0.717, 1.165) is 61.0 Å². The van der Waals surface area contributed by atoms with E-state index in [2.05, 4.69) is 52.9 Å². The lowest BCUT2D eigenvalue weighted by atomic mass is 10.1. The van der Waals surface area contributed by atoms with Crippen LogP contribution in [0, 0.1) is 3.57 Å². The maximum Gasteiger partial charge on any atom is 0.344 e. The Labute approximate surface area is 242 Å². The van der Waals surface area contributed by atoms with Gasteiger partial charge in [0.25, 0.3) is 0 Å². The van der Waals surface area contributed by atoms with E-state index >= 15 is 0 Å². The van der Waals surface area contributed by atoms with Crippen molar-refractivity contribution in [2.75, 3.05) is 48.5 Å². The van der Waals surface area contributed by atoms with Crippen LogP contribution >= 0.6 is 22.6 Å². The van der Waals surface area contributed by atoms with Crippen LogP contribution in [0.25, 0.3) is 0 Å². The van der Waals surface area contributed by atoms with Crippen LogP contribution in [-0.4, -0.2) is 60.4 Å². The molecule has 11 heteroatoms. The number of aromatic nitrogens is 3. The van der Waals surface area contributed by atoms with Crippen molar-refractivity contribution in [3.63, 3.8) is 0 Å². The molecule has 0 saturated carbocycles. The Balaban J connectivity index is 1.31. The van der Waals surface area contributed by atoms with Crippen LogP contribution in [-0.2, 0) is 0 Å². The number of benzene rings is 2. The summed E-state index contributed by atoms with van der Waals surface area (Å²) in [4.78, 5) is 31.3. The van der Waals surface area contributed by atoms with Crippen molar-refractivity contribution in [2.24, 2.45) is 5.10 Å². The SMILES string of the molecule is COc1cc(/C=N\Nc2nc(N3CCCCC3)nc(N3CCCCC3)n2)ccc1OC(=O)c1ccccc1I. The van der Waals surface area contributed by atoms with E-state index in [1.165, 1.54) is 20.0 Å². The minimum atomic E-state index is -0.440. The highest BCUT2D eigenvalue weighted by molar-refractivity contribution is 14.1. The molecule has 2 aliphatic rings. The third-order valence-corrected chi connectivity index (χ3v) is 7.69. The normalized spacial score (nSPS) is 15.8. The highest BCUT2D eigenvalue weighted by Crippen LogP contribution is 2.29. The average molecular weight is 642 g/mol. The number of methoxy groups -OCH3 is 1. The van der Waals surface area contributed by atoms with Gasteiger partial charge in [-0.05, 0) is 97.0 Å². The zero-order valence-electron chi connectivity index (χ0n) is 22.0. The Kier molecular flexibility index (Phi) is 9.07. The number of anilines is 3. The first kappa shape index (κ1) is 27.1. The van der Waals surface area contributed by atoms with Crippen molar-refractivity contribution >= 4 is 52.6 Å². The Morgan fingerprint density at radius 3 is 2.15 bits per heavy atom. The number of ether oxygens (including phenoxy) is 2. The molecule has 2 aromatic carbocycles. The number of nitrogens with zero attached hydrogens (tertiary/aromatic N) is 6. The monoisotopic (exact) mass is 641 g/mol. The topological polar surface area (TPSA) is 105 Å². The molecule has 5 rings (SSSR count). The van der Waals surface area contributed by atoms with E-state index in [9.17, 15) is 4.79 Å².